The molecule has 2 unspecified atom stereocenters. The van der Waals surface area contributed by atoms with Crippen molar-refractivity contribution in [3.8, 4) is 6.07 Å². The van der Waals surface area contributed by atoms with Crippen LogP contribution < -0.4 is 0 Å². The summed E-state index contributed by atoms with van der Waals surface area (Å²) in [7, 11) is 5.77. The maximum atomic E-state index is 12.4. The number of hydrogen-bond acceptors (Lipinski definition) is 3. The summed E-state index contributed by atoms with van der Waals surface area (Å²) >= 11 is 0. The molecule has 0 radical (unpaired) electrons. The van der Waals surface area contributed by atoms with Crippen LogP contribution in [0.2, 0.25) is 0 Å². The zero-order valence-electron chi connectivity index (χ0n) is 11.5. The Kier molecular flexibility index (Phi) is 4.16. The number of amides is 1. The van der Waals surface area contributed by atoms with Crippen molar-refractivity contribution >= 4 is 5.91 Å². The molecular weight excluding hydrogens is 214 g/mol. The first-order chi connectivity index (χ1) is 7.81. The van der Waals surface area contributed by atoms with E-state index in [4.69, 9.17) is 5.26 Å². The molecule has 4 nitrogen and oxygen atoms in total. The first kappa shape index (κ1) is 14.0. The third kappa shape index (κ3) is 2.78. The second-order valence-corrected chi connectivity index (χ2v) is 5.64. The van der Waals surface area contributed by atoms with E-state index in [2.05, 4.69) is 11.0 Å². The van der Waals surface area contributed by atoms with Gasteiger partial charge in [0.1, 0.15) is 5.54 Å². The topological polar surface area (TPSA) is 47.3 Å². The summed E-state index contributed by atoms with van der Waals surface area (Å²) in [5.41, 5.74) is -0.726. The minimum absolute atomic E-state index is 0.0441. The maximum absolute atomic E-state index is 12.4. The molecular formula is C13H23N3O. The van der Waals surface area contributed by atoms with E-state index >= 15 is 0 Å². The first-order valence-corrected chi connectivity index (χ1v) is 6.16. The number of carbonyl (C=O) groups excluding carboxylic acids is 1. The molecule has 0 spiro atoms. The lowest BCUT2D eigenvalue weighted by molar-refractivity contribution is -0.138. The molecule has 0 bridgehead atoms. The average molecular weight is 237 g/mol. The molecule has 0 aromatic carbocycles. The van der Waals surface area contributed by atoms with Gasteiger partial charge in [-0.25, -0.2) is 0 Å². The van der Waals surface area contributed by atoms with Gasteiger partial charge in [0.25, 0.3) is 0 Å². The van der Waals surface area contributed by atoms with Crippen LogP contribution in [0.3, 0.4) is 0 Å². The van der Waals surface area contributed by atoms with E-state index in [-0.39, 0.29) is 11.8 Å². The van der Waals surface area contributed by atoms with Gasteiger partial charge in [-0.3, -0.25) is 4.79 Å². The Morgan fingerprint density at radius 2 is 1.88 bits per heavy atom. The van der Waals surface area contributed by atoms with E-state index in [9.17, 15) is 4.79 Å². The zero-order chi connectivity index (χ0) is 13.2. The Morgan fingerprint density at radius 1 is 1.29 bits per heavy atom. The highest BCUT2D eigenvalue weighted by Crippen LogP contribution is 2.31. The molecule has 1 aliphatic carbocycles. The predicted molar refractivity (Wildman–Crippen MR) is 67.3 cm³/mol. The van der Waals surface area contributed by atoms with Gasteiger partial charge in [-0.05, 0) is 40.8 Å². The van der Waals surface area contributed by atoms with Crippen LogP contribution >= 0.6 is 0 Å². The minimum atomic E-state index is -0.726. The summed E-state index contributed by atoms with van der Waals surface area (Å²) in [4.78, 5) is 16.1. The molecule has 2 atom stereocenters. The fourth-order valence-electron chi connectivity index (χ4n) is 2.45. The van der Waals surface area contributed by atoms with Crippen LogP contribution in [0.4, 0.5) is 0 Å². The van der Waals surface area contributed by atoms with Crippen LogP contribution in [-0.2, 0) is 4.79 Å². The van der Waals surface area contributed by atoms with E-state index in [0.717, 1.165) is 19.3 Å². The van der Waals surface area contributed by atoms with Crippen molar-refractivity contribution in [2.24, 2.45) is 5.92 Å². The third-order valence-corrected chi connectivity index (χ3v) is 3.90. The molecule has 1 fully saturated rings. The summed E-state index contributed by atoms with van der Waals surface area (Å²) in [5, 5.41) is 9.08. The summed E-state index contributed by atoms with van der Waals surface area (Å²) in [6, 6.07) is 2.50. The SMILES string of the molecule is CN(C)C1CCCC1C(=O)N(C)C(C)(C)C#N. The number of nitrogens with zero attached hydrogens (tertiary/aromatic N) is 3. The van der Waals surface area contributed by atoms with Gasteiger partial charge in [0.15, 0.2) is 0 Å². The van der Waals surface area contributed by atoms with Gasteiger partial charge in [0.2, 0.25) is 5.91 Å². The van der Waals surface area contributed by atoms with Crippen molar-refractivity contribution in [1.29, 1.82) is 5.26 Å². The standard InChI is InChI=1S/C13H23N3O/c1-13(2,9-14)16(5)12(17)10-7-6-8-11(10)15(3)4/h10-11H,6-8H2,1-5H3. The second kappa shape index (κ2) is 5.05. The average Bonchev–Trinajstić information content (AvgIpc) is 2.75. The minimum Gasteiger partial charge on any atom is -0.327 e. The molecule has 0 aliphatic heterocycles. The van der Waals surface area contributed by atoms with Gasteiger partial charge in [-0.15, -0.1) is 0 Å². The van der Waals surface area contributed by atoms with Crippen LogP contribution in [0.1, 0.15) is 33.1 Å². The van der Waals surface area contributed by atoms with Gasteiger partial charge < -0.3 is 9.80 Å². The smallest absolute Gasteiger partial charge is 0.228 e. The predicted octanol–water partition coefficient (Wildman–Crippen LogP) is 1.48. The van der Waals surface area contributed by atoms with Gasteiger partial charge in [-0.1, -0.05) is 6.42 Å². The van der Waals surface area contributed by atoms with Crippen molar-refractivity contribution in [2.75, 3.05) is 21.1 Å². The quantitative estimate of drug-likeness (QED) is 0.747. The van der Waals surface area contributed by atoms with Gasteiger partial charge in [0.05, 0.1) is 12.0 Å². The normalized spacial score (nSPS) is 24.8. The maximum Gasteiger partial charge on any atom is 0.228 e. The molecule has 0 aromatic heterocycles. The van der Waals surface area contributed by atoms with Crippen molar-refractivity contribution in [3.05, 3.63) is 0 Å². The highest BCUT2D eigenvalue weighted by molar-refractivity contribution is 5.80. The van der Waals surface area contributed by atoms with Crippen molar-refractivity contribution in [3.63, 3.8) is 0 Å². The Bertz CT molecular complexity index is 330. The largest absolute Gasteiger partial charge is 0.327 e. The van der Waals surface area contributed by atoms with Crippen LogP contribution in [0.25, 0.3) is 0 Å². The highest BCUT2D eigenvalue weighted by Gasteiger charge is 2.39. The Balaban J connectivity index is 2.80. The monoisotopic (exact) mass is 237 g/mol. The zero-order valence-corrected chi connectivity index (χ0v) is 11.5. The van der Waals surface area contributed by atoms with E-state index < -0.39 is 5.54 Å². The van der Waals surface area contributed by atoms with Crippen LogP contribution in [0, 0.1) is 17.2 Å². The van der Waals surface area contributed by atoms with Crippen LogP contribution in [0.15, 0.2) is 0 Å². The van der Waals surface area contributed by atoms with Crippen molar-refractivity contribution in [2.45, 2.75) is 44.7 Å². The first-order valence-electron chi connectivity index (χ1n) is 6.16. The molecule has 0 aromatic rings. The fraction of sp³-hybridized carbons (Fsp3) is 0.846. The van der Waals surface area contributed by atoms with E-state index in [1.54, 1.807) is 25.8 Å². The molecule has 0 N–H and O–H groups in total. The van der Waals surface area contributed by atoms with Gasteiger partial charge in [0, 0.05) is 13.1 Å². The summed E-state index contributed by atoms with van der Waals surface area (Å²) < 4.78 is 0. The van der Waals surface area contributed by atoms with Gasteiger partial charge in [-0.2, -0.15) is 5.26 Å². The molecule has 0 saturated heterocycles. The number of nitriles is 1. The Morgan fingerprint density at radius 3 is 2.35 bits per heavy atom. The van der Waals surface area contributed by atoms with E-state index in [1.165, 1.54) is 0 Å². The summed E-state index contributed by atoms with van der Waals surface area (Å²) in [6.45, 7) is 3.56. The van der Waals surface area contributed by atoms with E-state index in [1.807, 2.05) is 14.1 Å². The summed E-state index contributed by atoms with van der Waals surface area (Å²) in [5.74, 6) is 0.148. The van der Waals surface area contributed by atoms with Gasteiger partial charge >= 0.3 is 0 Å². The third-order valence-electron chi connectivity index (χ3n) is 3.90. The molecule has 1 rings (SSSR count). The van der Waals surface area contributed by atoms with Crippen LogP contribution in [0.5, 0.6) is 0 Å². The Labute approximate surface area is 104 Å². The van der Waals surface area contributed by atoms with Crippen LogP contribution in [-0.4, -0.2) is 48.4 Å². The number of rotatable bonds is 3. The molecule has 1 saturated carbocycles. The lowest BCUT2D eigenvalue weighted by atomic mass is 9.97. The lowest BCUT2D eigenvalue weighted by Gasteiger charge is -2.34. The van der Waals surface area contributed by atoms with Crippen molar-refractivity contribution < 1.29 is 4.79 Å². The molecule has 1 aliphatic rings. The fourth-order valence-corrected chi connectivity index (χ4v) is 2.45. The molecule has 4 heteroatoms. The number of hydrogen-bond donors (Lipinski definition) is 0. The highest BCUT2D eigenvalue weighted by atomic mass is 16.2. The second-order valence-electron chi connectivity index (χ2n) is 5.64. The molecule has 17 heavy (non-hydrogen) atoms. The van der Waals surface area contributed by atoms with Crippen molar-refractivity contribution in [1.82, 2.24) is 9.80 Å². The molecule has 96 valence electrons. The number of carbonyl (C=O) groups is 1. The Hall–Kier alpha value is -1.08. The molecule has 0 heterocycles. The summed E-state index contributed by atoms with van der Waals surface area (Å²) in [6.07, 6.45) is 3.11. The van der Waals surface area contributed by atoms with E-state index in [0.29, 0.717) is 6.04 Å². The lowest BCUT2D eigenvalue weighted by Crippen LogP contribution is -2.49. The molecule has 1 amide bonds.